The maximum absolute atomic E-state index is 2.38. The maximum atomic E-state index is 2.38. The molecule has 1 aromatic rings. The zero-order valence-corrected chi connectivity index (χ0v) is 14.2. The Hall–Kier alpha value is -0.0800. The van der Waals surface area contributed by atoms with Gasteiger partial charge in [-0.2, -0.15) is 4.57 Å². The summed E-state index contributed by atoms with van der Waals surface area (Å²) in [5.41, 5.74) is 3.65. The lowest BCUT2D eigenvalue weighted by atomic mass is 10.1. The van der Waals surface area contributed by atoms with Crippen LogP contribution < -0.4 is 17.0 Å². The number of rotatable bonds is 11. The SMILES string of the molecule is CCCCCCCCCCCC[n+]1cscc1C.[Cl-]. The number of aromatic nitrogens is 1. The van der Waals surface area contributed by atoms with E-state index in [0.29, 0.717) is 0 Å². The summed E-state index contributed by atoms with van der Waals surface area (Å²) in [4.78, 5) is 0. The monoisotopic (exact) mass is 303 g/mol. The average Bonchev–Trinajstić information content (AvgIpc) is 2.77. The van der Waals surface area contributed by atoms with Gasteiger partial charge in [0.25, 0.3) is 0 Å². The van der Waals surface area contributed by atoms with E-state index in [2.05, 4.69) is 29.3 Å². The Morgan fingerprint density at radius 1 is 0.895 bits per heavy atom. The number of halogens is 1. The van der Waals surface area contributed by atoms with Crippen LogP contribution in [-0.2, 0) is 6.54 Å². The van der Waals surface area contributed by atoms with E-state index in [1.54, 1.807) is 0 Å². The van der Waals surface area contributed by atoms with Crippen molar-refractivity contribution in [2.45, 2.75) is 84.6 Å². The Balaban J connectivity index is 0.00000324. The van der Waals surface area contributed by atoms with Gasteiger partial charge >= 0.3 is 0 Å². The molecule has 0 saturated carbocycles. The molecule has 0 aliphatic rings. The van der Waals surface area contributed by atoms with Gasteiger partial charge in [0.05, 0.1) is 5.38 Å². The topological polar surface area (TPSA) is 3.88 Å². The predicted octanol–water partition coefficient (Wildman–Crippen LogP) is 2.27. The molecular weight excluding hydrogens is 274 g/mol. The molecule has 0 aliphatic carbocycles. The fourth-order valence-electron chi connectivity index (χ4n) is 2.35. The minimum atomic E-state index is 0. The van der Waals surface area contributed by atoms with Gasteiger partial charge in [-0.3, -0.25) is 0 Å². The van der Waals surface area contributed by atoms with Gasteiger partial charge in [0.15, 0.2) is 5.69 Å². The molecule has 0 saturated heterocycles. The standard InChI is InChI=1S/C16H30NS.ClH/c1-3-4-5-6-7-8-9-10-11-12-13-17-15-18-14-16(17)2;/h14-15H,3-13H2,1-2H3;1H/q+1;/p-1. The number of thiazole rings is 1. The Morgan fingerprint density at radius 2 is 1.42 bits per heavy atom. The van der Waals surface area contributed by atoms with Crippen LogP contribution in [0.25, 0.3) is 0 Å². The van der Waals surface area contributed by atoms with Crippen LogP contribution in [0.1, 0.15) is 76.8 Å². The molecule has 19 heavy (non-hydrogen) atoms. The molecule has 3 heteroatoms. The highest BCUT2D eigenvalue weighted by Gasteiger charge is 2.05. The molecule has 0 unspecified atom stereocenters. The minimum Gasteiger partial charge on any atom is -1.00 e. The summed E-state index contributed by atoms with van der Waals surface area (Å²) in [6.45, 7) is 5.70. The Kier molecular flexibility index (Phi) is 12.9. The van der Waals surface area contributed by atoms with E-state index in [4.69, 9.17) is 0 Å². The molecule has 0 spiro atoms. The van der Waals surface area contributed by atoms with E-state index in [1.807, 2.05) is 11.3 Å². The van der Waals surface area contributed by atoms with Crippen molar-refractivity contribution >= 4 is 11.3 Å². The molecule has 1 nitrogen and oxygen atoms in total. The summed E-state index contributed by atoms with van der Waals surface area (Å²) in [7, 11) is 0. The number of hydrogen-bond donors (Lipinski definition) is 0. The van der Waals surface area contributed by atoms with Gasteiger partial charge in [0, 0.05) is 13.3 Å². The van der Waals surface area contributed by atoms with Gasteiger partial charge in [-0.15, -0.1) is 0 Å². The van der Waals surface area contributed by atoms with Crippen LogP contribution in [0.5, 0.6) is 0 Å². The Bertz CT molecular complexity index is 299. The lowest BCUT2D eigenvalue weighted by Crippen LogP contribution is -3.00. The Morgan fingerprint density at radius 3 is 1.89 bits per heavy atom. The smallest absolute Gasteiger partial charge is 0.224 e. The van der Waals surface area contributed by atoms with Gasteiger partial charge in [-0.25, -0.2) is 0 Å². The second-order valence-corrected chi connectivity index (χ2v) is 6.09. The number of nitrogens with zero attached hydrogens (tertiary/aromatic N) is 1. The van der Waals surface area contributed by atoms with Crippen LogP contribution in [0.2, 0.25) is 0 Å². The van der Waals surface area contributed by atoms with E-state index in [1.165, 1.54) is 76.4 Å². The van der Waals surface area contributed by atoms with E-state index in [-0.39, 0.29) is 12.4 Å². The molecule has 0 aromatic carbocycles. The van der Waals surface area contributed by atoms with E-state index in [9.17, 15) is 0 Å². The third-order valence-corrected chi connectivity index (χ3v) is 4.49. The van der Waals surface area contributed by atoms with Crippen LogP contribution in [0.4, 0.5) is 0 Å². The molecule has 0 aliphatic heterocycles. The maximum Gasteiger partial charge on any atom is 0.224 e. The van der Waals surface area contributed by atoms with Crippen molar-refractivity contribution in [3.63, 3.8) is 0 Å². The van der Waals surface area contributed by atoms with E-state index < -0.39 is 0 Å². The van der Waals surface area contributed by atoms with Crippen LogP contribution in [0, 0.1) is 6.92 Å². The summed E-state index contributed by atoms with van der Waals surface area (Å²) < 4.78 is 2.38. The summed E-state index contributed by atoms with van der Waals surface area (Å²) in [5.74, 6) is 0. The largest absolute Gasteiger partial charge is 1.00 e. The summed E-state index contributed by atoms with van der Waals surface area (Å²) in [5, 5.41) is 2.23. The molecule has 0 bridgehead atoms. The van der Waals surface area contributed by atoms with Crippen molar-refractivity contribution in [1.29, 1.82) is 0 Å². The van der Waals surface area contributed by atoms with Crippen molar-refractivity contribution in [2.75, 3.05) is 0 Å². The first-order chi connectivity index (χ1) is 8.84. The number of hydrogen-bond acceptors (Lipinski definition) is 1. The minimum absolute atomic E-state index is 0. The van der Waals surface area contributed by atoms with Gasteiger partial charge in [0.2, 0.25) is 5.51 Å². The predicted molar refractivity (Wildman–Crippen MR) is 81.1 cm³/mol. The number of unbranched alkanes of at least 4 members (excludes halogenated alkanes) is 9. The lowest BCUT2D eigenvalue weighted by molar-refractivity contribution is -0.698. The zero-order valence-electron chi connectivity index (χ0n) is 12.7. The molecule has 1 aromatic heterocycles. The van der Waals surface area contributed by atoms with Crippen LogP contribution in [0.15, 0.2) is 10.9 Å². The highest BCUT2D eigenvalue weighted by Crippen LogP contribution is 2.10. The van der Waals surface area contributed by atoms with Gasteiger partial charge in [0.1, 0.15) is 6.54 Å². The fraction of sp³-hybridized carbons (Fsp3) is 0.812. The first kappa shape index (κ1) is 18.9. The second-order valence-electron chi connectivity index (χ2n) is 5.38. The molecule has 112 valence electrons. The van der Waals surface area contributed by atoms with Gasteiger partial charge in [-0.05, 0) is 6.42 Å². The normalized spacial score (nSPS) is 10.4. The first-order valence-corrected chi connectivity index (χ1v) is 8.71. The molecule has 0 atom stereocenters. The zero-order chi connectivity index (χ0) is 13.1. The fourth-order valence-corrected chi connectivity index (χ4v) is 3.16. The van der Waals surface area contributed by atoms with Crippen LogP contribution in [-0.4, -0.2) is 0 Å². The summed E-state index contributed by atoms with van der Waals surface area (Å²) in [6, 6.07) is 0. The van der Waals surface area contributed by atoms with Gasteiger partial charge in [-0.1, -0.05) is 69.6 Å². The van der Waals surface area contributed by atoms with Crippen molar-refractivity contribution < 1.29 is 17.0 Å². The average molecular weight is 304 g/mol. The van der Waals surface area contributed by atoms with Crippen molar-refractivity contribution in [2.24, 2.45) is 0 Å². The molecular formula is C16H30ClNS. The molecule has 0 amide bonds. The molecule has 1 heterocycles. The quantitative estimate of drug-likeness (QED) is 0.436. The molecule has 0 N–H and O–H groups in total. The van der Waals surface area contributed by atoms with Crippen molar-refractivity contribution in [3.05, 3.63) is 16.6 Å². The summed E-state index contributed by atoms with van der Waals surface area (Å²) >= 11 is 1.81. The highest BCUT2D eigenvalue weighted by atomic mass is 35.5. The second kappa shape index (κ2) is 12.9. The first-order valence-electron chi connectivity index (χ1n) is 7.77. The third kappa shape index (κ3) is 9.45. The van der Waals surface area contributed by atoms with Gasteiger partial charge < -0.3 is 12.4 Å². The van der Waals surface area contributed by atoms with Crippen LogP contribution in [0.3, 0.4) is 0 Å². The lowest BCUT2D eigenvalue weighted by Gasteiger charge is -2.01. The van der Waals surface area contributed by atoms with Crippen molar-refractivity contribution in [3.8, 4) is 0 Å². The van der Waals surface area contributed by atoms with Crippen LogP contribution >= 0.6 is 11.3 Å². The molecule has 0 fully saturated rings. The highest BCUT2D eigenvalue weighted by molar-refractivity contribution is 7.07. The third-order valence-electron chi connectivity index (χ3n) is 3.63. The van der Waals surface area contributed by atoms with E-state index in [0.717, 1.165) is 0 Å². The molecule has 1 rings (SSSR count). The van der Waals surface area contributed by atoms with Crippen molar-refractivity contribution in [1.82, 2.24) is 0 Å². The van der Waals surface area contributed by atoms with E-state index >= 15 is 0 Å². The number of aryl methyl sites for hydroxylation is 2. The Labute approximate surface area is 129 Å². The summed E-state index contributed by atoms with van der Waals surface area (Å²) in [6.07, 6.45) is 14.2. The molecule has 0 radical (unpaired) electrons.